The SMILES string of the molecule is COc1cc(C)c(-c2cc(C=O)ncn2)c(C)c1C. The van der Waals surface area contributed by atoms with Crippen LogP contribution < -0.4 is 4.74 Å². The van der Waals surface area contributed by atoms with Crippen LogP contribution >= 0.6 is 0 Å². The second kappa shape index (κ2) is 5.18. The van der Waals surface area contributed by atoms with Crippen LogP contribution in [0.5, 0.6) is 5.75 Å². The lowest BCUT2D eigenvalue weighted by molar-refractivity contribution is 0.111. The van der Waals surface area contributed by atoms with Gasteiger partial charge in [0.05, 0.1) is 12.8 Å². The molecule has 0 saturated carbocycles. The molecule has 4 heteroatoms. The Bertz CT molecular complexity index is 636. The zero-order chi connectivity index (χ0) is 14.0. The van der Waals surface area contributed by atoms with Gasteiger partial charge in [-0.25, -0.2) is 9.97 Å². The number of benzene rings is 1. The maximum Gasteiger partial charge on any atom is 0.168 e. The number of nitrogens with zero attached hydrogens (tertiary/aromatic N) is 2. The van der Waals surface area contributed by atoms with Crippen molar-refractivity contribution in [1.82, 2.24) is 9.97 Å². The van der Waals surface area contributed by atoms with Crippen LogP contribution in [-0.2, 0) is 0 Å². The van der Waals surface area contributed by atoms with Crippen LogP contribution in [0, 0.1) is 20.8 Å². The zero-order valence-corrected chi connectivity index (χ0v) is 11.5. The molecule has 19 heavy (non-hydrogen) atoms. The summed E-state index contributed by atoms with van der Waals surface area (Å²) in [5.74, 6) is 0.864. The smallest absolute Gasteiger partial charge is 0.168 e. The predicted molar refractivity (Wildman–Crippen MR) is 73.6 cm³/mol. The van der Waals surface area contributed by atoms with E-state index in [1.54, 1.807) is 13.2 Å². The Morgan fingerprint density at radius 2 is 1.84 bits per heavy atom. The van der Waals surface area contributed by atoms with Crippen molar-refractivity contribution in [2.24, 2.45) is 0 Å². The minimum Gasteiger partial charge on any atom is -0.496 e. The summed E-state index contributed by atoms with van der Waals surface area (Å²) in [4.78, 5) is 19.0. The van der Waals surface area contributed by atoms with Gasteiger partial charge in [0.15, 0.2) is 6.29 Å². The zero-order valence-electron chi connectivity index (χ0n) is 11.5. The molecule has 0 spiro atoms. The number of aromatic nitrogens is 2. The van der Waals surface area contributed by atoms with Crippen molar-refractivity contribution in [2.75, 3.05) is 7.11 Å². The number of aldehydes is 1. The molecule has 1 aromatic carbocycles. The quantitative estimate of drug-likeness (QED) is 0.792. The van der Waals surface area contributed by atoms with E-state index < -0.39 is 0 Å². The monoisotopic (exact) mass is 256 g/mol. The van der Waals surface area contributed by atoms with Crippen molar-refractivity contribution < 1.29 is 9.53 Å². The fourth-order valence-corrected chi connectivity index (χ4v) is 2.22. The standard InChI is InChI=1S/C15H16N2O2/c1-9-5-14(19-4)10(2)11(3)15(9)13-6-12(7-18)16-8-17-13/h5-8H,1-4H3. The number of methoxy groups -OCH3 is 1. The largest absolute Gasteiger partial charge is 0.496 e. The van der Waals surface area contributed by atoms with Gasteiger partial charge in [0.2, 0.25) is 0 Å². The van der Waals surface area contributed by atoms with E-state index in [1.165, 1.54) is 6.33 Å². The van der Waals surface area contributed by atoms with Gasteiger partial charge in [-0.3, -0.25) is 4.79 Å². The highest BCUT2D eigenvalue weighted by Crippen LogP contribution is 2.33. The molecule has 0 fully saturated rings. The van der Waals surface area contributed by atoms with Crippen molar-refractivity contribution in [3.8, 4) is 17.0 Å². The third kappa shape index (κ3) is 2.34. The second-order valence-corrected chi connectivity index (χ2v) is 4.47. The number of carbonyl (C=O) groups excluding carboxylic acids is 1. The van der Waals surface area contributed by atoms with Crippen molar-refractivity contribution in [3.63, 3.8) is 0 Å². The fourth-order valence-electron chi connectivity index (χ4n) is 2.22. The van der Waals surface area contributed by atoms with Crippen LogP contribution in [0.4, 0.5) is 0 Å². The molecule has 4 nitrogen and oxygen atoms in total. The topological polar surface area (TPSA) is 52.1 Å². The van der Waals surface area contributed by atoms with Crippen LogP contribution in [0.1, 0.15) is 27.2 Å². The van der Waals surface area contributed by atoms with E-state index in [1.807, 2.05) is 26.8 Å². The lowest BCUT2D eigenvalue weighted by Gasteiger charge is -2.15. The lowest BCUT2D eigenvalue weighted by atomic mass is 9.94. The molecule has 0 amide bonds. The molecule has 0 atom stereocenters. The minimum atomic E-state index is 0.386. The molecule has 2 aromatic rings. The van der Waals surface area contributed by atoms with Gasteiger partial charge in [-0.2, -0.15) is 0 Å². The molecule has 0 radical (unpaired) electrons. The van der Waals surface area contributed by atoms with Gasteiger partial charge in [0, 0.05) is 5.56 Å². The molecule has 0 aliphatic heterocycles. The van der Waals surface area contributed by atoms with E-state index in [2.05, 4.69) is 9.97 Å². The Balaban J connectivity index is 2.68. The van der Waals surface area contributed by atoms with Gasteiger partial charge < -0.3 is 4.74 Å². The van der Waals surface area contributed by atoms with Crippen molar-refractivity contribution in [1.29, 1.82) is 0 Å². The molecular weight excluding hydrogens is 240 g/mol. The van der Waals surface area contributed by atoms with Gasteiger partial charge in [-0.1, -0.05) is 0 Å². The molecule has 0 bridgehead atoms. The Morgan fingerprint density at radius 1 is 1.11 bits per heavy atom. The minimum absolute atomic E-state index is 0.386. The number of hydrogen-bond acceptors (Lipinski definition) is 4. The Labute approximate surface area is 112 Å². The van der Waals surface area contributed by atoms with Crippen molar-refractivity contribution in [2.45, 2.75) is 20.8 Å². The van der Waals surface area contributed by atoms with Gasteiger partial charge in [-0.05, 0) is 49.6 Å². The Kier molecular flexibility index (Phi) is 3.60. The summed E-state index contributed by atoms with van der Waals surface area (Å²) in [6.45, 7) is 6.05. The number of aryl methyl sites for hydroxylation is 1. The van der Waals surface area contributed by atoms with Crippen molar-refractivity contribution >= 4 is 6.29 Å². The maximum atomic E-state index is 10.8. The summed E-state index contributed by atoms with van der Waals surface area (Å²) in [5, 5.41) is 0. The van der Waals surface area contributed by atoms with E-state index in [9.17, 15) is 4.79 Å². The van der Waals surface area contributed by atoms with Crippen LogP contribution in [0.3, 0.4) is 0 Å². The van der Waals surface area contributed by atoms with Gasteiger partial charge in [0.25, 0.3) is 0 Å². The summed E-state index contributed by atoms with van der Waals surface area (Å²) in [6.07, 6.45) is 2.14. The average molecular weight is 256 g/mol. The van der Waals surface area contributed by atoms with E-state index in [4.69, 9.17) is 4.74 Å². The van der Waals surface area contributed by atoms with Crippen LogP contribution in [0.15, 0.2) is 18.5 Å². The highest BCUT2D eigenvalue weighted by Gasteiger charge is 2.13. The molecular formula is C15H16N2O2. The summed E-state index contributed by atoms with van der Waals surface area (Å²) < 4.78 is 5.35. The summed E-state index contributed by atoms with van der Waals surface area (Å²) in [6, 6.07) is 3.69. The first-order valence-electron chi connectivity index (χ1n) is 6.01. The molecule has 0 saturated heterocycles. The van der Waals surface area contributed by atoms with Crippen LogP contribution in [0.2, 0.25) is 0 Å². The highest BCUT2D eigenvalue weighted by molar-refractivity contribution is 5.77. The van der Waals surface area contributed by atoms with E-state index >= 15 is 0 Å². The first-order chi connectivity index (χ1) is 9.08. The van der Waals surface area contributed by atoms with Crippen LogP contribution in [-0.4, -0.2) is 23.4 Å². The average Bonchev–Trinajstić information content (AvgIpc) is 2.43. The second-order valence-electron chi connectivity index (χ2n) is 4.47. The highest BCUT2D eigenvalue weighted by atomic mass is 16.5. The van der Waals surface area contributed by atoms with Gasteiger partial charge in [0.1, 0.15) is 17.8 Å². The molecule has 0 aliphatic carbocycles. The summed E-state index contributed by atoms with van der Waals surface area (Å²) in [5.41, 5.74) is 5.43. The first kappa shape index (κ1) is 13.2. The fraction of sp³-hybridized carbons (Fsp3) is 0.267. The number of hydrogen-bond donors (Lipinski definition) is 0. The Morgan fingerprint density at radius 3 is 2.47 bits per heavy atom. The van der Waals surface area contributed by atoms with Crippen LogP contribution in [0.25, 0.3) is 11.3 Å². The number of ether oxygens (including phenoxy) is 1. The summed E-state index contributed by atoms with van der Waals surface area (Å²) >= 11 is 0. The van der Waals surface area contributed by atoms with Gasteiger partial charge >= 0.3 is 0 Å². The molecule has 1 heterocycles. The maximum absolute atomic E-state index is 10.8. The predicted octanol–water partition coefficient (Wildman–Crippen LogP) is 2.89. The molecule has 0 N–H and O–H groups in total. The van der Waals surface area contributed by atoms with E-state index in [0.717, 1.165) is 40.0 Å². The lowest BCUT2D eigenvalue weighted by Crippen LogP contribution is -1.99. The summed E-state index contributed by atoms with van der Waals surface area (Å²) in [7, 11) is 1.66. The van der Waals surface area contributed by atoms with Crippen molar-refractivity contribution in [3.05, 3.63) is 40.8 Å². The molecule has 98 valence electrons. The van der Waals surface area contributed by atoms with Gasteiger partial charge in [-0.15, -0.1) is 0 Å². The molecule has 0 unspecified atom stereocenters. The molecule has 0 aliphatic rings. The van der Waals surface area contributed by atoms with E-state index in [0.29, 0.717) is 5.69 Å². The first-order valence-corrected chi connectivity index (χ1v) is 6.01. The number of rotatable bonds is 3. The third-order valence-electron chi connectivity index (χ3n) is 3.33. The van der Waals surface area contributed by atoms with E-state index in [-0.39, 0.29) is 0 Å². The Hall–Kier alpha value is -2.23. The third-order valence-corrected chi connectivity index (χ3v) is 3.33. The number of carbonyl (C=O) groups is 1. The normalized spacial score (nSPS) is 10.3. The molecule has 1 aromatic heterocycles. The molecule has 2 rings (SSSR count).